The minimum atomic E-state index is -8.17. The van der Waals surface area contributed by atoms with Gasteiger partial charge in [0.2, 0.25) is 0 Å². The molecule has 1 rings (SSSR count). The number of rotatable bonds is 3. The first kappa shape index (κ1) is 27.2. The third-order valence-corrected chi connectivity index (χ3v) is 3.49. The minimum Gasteiger partial charge on any atom is -0.478 e. The third kappa shape index (κ3) is 2.65. The predicted octanol–water partition coefficient (Wildman–Crippen LogP) is 4.49. The van der Waals surface area contributed by atoms with Crippen LogP contribution in [-0.4, -0.2) is 63.7 Å². The van der Waals surface area contributed by atoms with Crippen LogP contribution in [0.2, 0.25) is 0 Å². The van der Waals surface area contributed by atoms with Crippen molar-refractivity contribution >= 4 is 5.97 Å². The Kier molecular flexibility index (Phi) is 5.75. The number of nitrogens with zero attached hydrogens (tertiary/aromatic N) is 1. The topological polar surface area (TPSA) is 40.5 Å². The van der Waals surface area contributed by atoms with Gasteiger partial charge in [0.05, 0.1) is 0 Å². The van der Waals surface area contributed by atoms with Crippen molar-refractivity contribution in [1.82, 2.24) is 4.90 Å². The Morgan fingerprint density at radius 2 is 0.931 bits per heavy atom. The first-order chi connectivity index (χ1) is 11.8. The zero-order valence-electron chi connectivity index (χ0n) is 12.3. The van der Waals surface area contributed by atoms with Crippen LogP contribution in [0.25, 0.3) is 0 Å². The van der Waals surface area contributed by atoms with E-state index in [0.29, 0.717) is 0 Å². The largest absolute Gasteiger partial charge is 0.478 e. The molecular weight excluding hydrogens is 477 g/mol. The number of halogens is 17. The van der Waals surface area contributed by atoms with E-state index in [4.69, 9.17) is 5.11 Å². The third-order valence-electron chi connectivity index (χ3n) is 3.49. The van der Waals surface area contributed by atoms with Crippen LogP contribution in [0.3, 0.4) is 0 Å². The maximum absolute atomic E-state index is 13.6. The highest BCUT2D eigenvalue weighted by Crippen LogP contribution is 2.68. The SMILES string of the molecule is F.O=C(O)C(F)(C(F)(F)F)C(F)(F)N1C(F)(F)C(F)(F)C(F)(F)C(F)(F)C1(F)F. The summed E-state index contributed by atoms with van der Waals surface area (Å²) in [6, 6.07) is -24.2. The van der Waals surface area contributed by atoms with E-state index < -0.39 is 58.6 Å². The van der Waals surface area contributed by atoms with Crippen LogP contribution in [0.1, 0.15) is 0 Å². The molecule has 3 nitrogen and oxygen atoms in total. The highest BCUT2D eigenvalue weighted by atomic mass is 19.4. The van der Waals surface area contributed by atoms with E-state index in [1.807, 2.05) is 0 Å². The molecule has 1 aliphatic heterocycles. The molecular formula is C9H2F17NO2. The van der Waals surface area contributed by atoms with Gasteiger partial charge < -0.3 is 5.11 Å². The predicted molar refractivity (Wildman–Crippen MR) is 51.6 cm³/mol. The van der Waals surface area contributed by atoms with Gasteiger partial charge in [-0.25, -0.2) is 9.18 Å². The quantitative estimate of drug-likeness (QED) is 0.479. The molecule has 1 atom stereocenters. The van der Waals surface area contributed by atoms with Crippen molar-refractivity contribution in [2.75, 3.05) is 0 Å². The van der Waals surface area contributed by atoms with E-state index in [1.165, 1.54) is 0 Å². The fourth-order valence-electron chi connectivity index (χ4n) is 1.96. The molecule has 174 valence electrons. The van der Waals surface area contributed by atoms with E-state index in [1.54, 1.807) is 0 Å². The van der Waals surface area contributed by atoms with Crippen molar-refractivity contribution in [3.8, 4) is 0 Å². The lowest BCUT2D eigenvalue weighted by Gasteiger charge is -2.54. The molecule has 0 bridgehead atoms. The van der Waals surface area contributed by atoms with E-state index in [2.05, 4.69) is 0 Å². The second-order valence-corrected chi connectivity index (χ2v) is 5.14. The van der Waals surface area contributed by atoms with Gasteiger partial charge in [0.15, 0.2) is 0 Å². The molecule has 0 aromatic heterocycles. The number of hydrogen-bond acceptors (Lipinski definition) is 2. The molecule has 1 aliphatic rings. The van der Waals surface area contributed by atoms with Crippen LogP contribution < -0.4 is 0 Å². The average molecular weight is 479 g/mol. The number of alkyl halides is 16. The molecule has 0 radical (unpaired) electrons. The molecule has 29 heavy (non-hydrogen) atoms. The molecule has 0 amide bonds. The number of carbonyl (C=O) groups is 1. The first-order valence-corrected chi connectivity index (χ1v) is 5.87. The Morgan fingerprint density at radius 1 is 0.655 bits per heavy atom. The van der Waals surface area contributed by atoms with Crippen molar-refractivity contribution in [2.45, 2.75) is 47.8 Å². The zero-order valence-corrected chi connectivity index (χ0v) is 12.3. The van der Waals surface area contributed by atoms with E-state index in [9.17, 15) is 75.0 Å². The Hall–Kier alpha value is -1.76. The van der Waals surface area contributed by atoms with Crippen LogP contribution in [0.5, 0.6) is 0 Å². The van der Waals surface area contributed by atoms with Crippen LogP contribution in [0.4, 0.5) is 75.0 Å². The molecule has 1 saturated heterocycles. The highest BCUT2D eigenvalue weighted by Gasteiger charge is 3.00. The second-order valence-electron chi connectivity index (χ2n) is 5.14. The van der Waals surface area contributed by atoms with Gasteiger partial charge in [-0.2, -0.15) is 65.9 Å². The highest BCUT2D eigenvalue weighted by molar-refractivity contribution is 5.80. The normalized spacial score (nSPS) is 27.4. The van der Waals surface area contributed by atoms with Crippen LogP contribution in [0.15, 0.2) is 0 Å². The van der Waals surface area contributed by atoms with Gasteiger partial charge >= 0.3 is 53.7 Å². The number of aliphatic carboxylic acids is 1. The molecule has 1 N–H and O–H groups in total. The maximum atomic E-state index is 13.6. The monoisotopic (exact) mass is 479 g/mol. The van der Waals surface area contributed by atoms with E-state index in [-0.39, 0.29) is 4.70 Å². The molecule has 0 aromatic rings. The molecule has 1 fully saturated rings. The summed E-state index contributed by atoms with van der Waals surface area (Å²) in [6.45, 7) is 0. The molecule has 0 spiro atoms. The molecule has 1 unspecified atom stereocenters. The number of hydrogen-bond donors (Lipinski definition) is 1. The summed E-state index contributed by atoms with van der Waals surface area (Å²) < 4.78 is 209. The summed E-state index contributed by atoms with van der Waals surface area (Å²) in [7, 11) is 0. The van der Waals surface area contributed by atoms with Gasteiger partial charge in [0.1, 0.15) is 0 Å². The Bertz CT molecular complexity index is 638. The second kappa shape index (κ2) is 6.13. The first-order valence-electron chi connectivity index (χ1n) is 5.87. The number of piperidine rings is 1. The van der Waals surface area contributed by atoms with Crippen molar-refractivity contribution in [3.05, 3.63) is 0 Å². The number of carboxylic acid groups (broad SMARTS) is 1. The summed E-state index contributed by atoms with van der Waals surface area (Å²) >= 11 is 0. The number of likely N-dealkylation sites (tertiary alicyclic amines) is 1. The van der Waals surface area contributed by atoms with Crippen molar-refractivity contribution in [1.29, 1.82) is 0 Å². The van der Waals surface area contributed by atoms with Crippen molar-refractivity contribution < 1.29 is 84.9 Å². The van der Waals surface area contributed by atoms with Crippen molar-refractivity contribution in [2.24, 2.45) is 0 Å². The fraction of sp³-hybridized carbons (Fsp3) is 0.889. The van der Waals surface area contributed by atoms with Gasteiger partial charge in [0.25, 0.3) is 0 Å². The van der Waals surface area contributed by atoms with E-state index in [0.717, 1.165) is 0 Å². The molecule has 0 saturated carbocycles. The summed E-state index contributed by atoms with van der Waals surface area (Å²) in [5.41, 5.74) is -7.65. The lowest BCUT2D eigenvalue weighted by molar-refractivity contribution is -0.545. The lowest BCUT2D eigenvalue weighted by Crippen LogP contribution is -2.87. The van der Waals surface area contributed by atoms with Crippen LogP contribution in [-0.2, 0) is 4.79 Å². The van der Waals surface area contributed by atoms with Gasteiger partial charge in [0, 0.05) is 0 Å². The minimum absolute atomic E-state index is 0. The Morgan fingerprint density at radius 3 is 1.14 bits per heavy atom. The maximum Gasteiger partial charge on any atom is 0.441 e. The smallest absolute Gasteiger partial charge is 0.441 e. The molecule has 0 aromatic carbocycles. The summed E-state index contributed by atoms with van der Waals surface area (Å²) in [5.74, 6) is -28.4. The summed E-state index contributed by atoms with van der Waals surface area (Å²) in [4.78, 5) is 5.71. The van der Waals surface area contributed by atoms with E-state index >= 15 is 0 Å². The Labute approximate surface area is 145 Å². The lowest BCUT2D eigenvalue weighted by atomic mass is 9.90. The fourth-order valence-corrected chi connectivity index (χ4v) is 1.96. The zero-order chi connectivity index (χ0) is 23.2. The van der Waals surface area contributed by atoms with Gasteiger partial charge in [-0.3, -0.25) is 4.70 Å². The summed E-state index contributed by atoms with van der Waals surface area (Å²) in [6.07, 6.45) is -7.67. The Balaban J connectivity index is 0.00000784. The van der Waals surface area contributed by atoms with Crippen LogP contribution >= 0.6 is 0 Å². The summed E-state index contributed by atoms with van der Waals surface area (Å²) in [5, 5.41) is 7.92. The molecule has 1 heterocycles. The molecule has 20 heteroatoms. The van der Waals surface area contributed by atoms with Gasteiger partial charge in [-0.1, -0.05) is 0 Å². The van der Waals surface area contributed by atoms with Gasteiger partial charge in [-0.15, -0.1) is 4.90 Å². The van der Waals surface area contributed by atoms with Crippen molar-refractivity contribution in [3.63, 3.8) is 0 Å². The standard InChI is InChI=1S/C9HF16NO2.FH/c10-2(1(27)28,6(17,18)19)7(20,21)26-8(22,23)4(13,14)3(11,12)5(15,16)9(26,24)25;/h(H,27,28);1H. The van der Waals surface area contributed by atoms with Crippen LogP contribution in [0, 0.1) is 0 Å². The molecule has 0 aliphatic carbocycles. The average Bonchev–Trinajstić information content (AvgIpc) is 2.41. The number of carboxylic acids is 1. The van der Waals surface area contributed by atoms with Gasteiger partial charge in [-0.05, 0) is 0 Å².